The lowest BCUT2D eigenvalue weighted by atomic mass is 10.0. The lowest BCUT2D eigenvalue weighted by molar-refractivity contribution is -0.122. The second kappa shape index (κ2) is 44.4. The van der Waals surface area contributed by atoms with Gasteiger partial charge in [-0.25, -0.2) is 19.3 Å². The maximum Gasteiger partial charge on any atom is 0.226 e. The molecule has 1 atom stereocenters. The highest BCUT2D eigenvalue weighted by Gasteiger charge is 2.36. The number of phenolic OH excluding ortho intramolecular Hbond substituents is 4. The van der Waals surface area contributed by atoms with Crippen LogP contribution in [0, 0.1) is 23.7 Å². The molecule has 30 heteroatoms. The molecule has 2 aliphatic carbocycles. The summed E-state index contributed by atoms with van der Waals surface area (Å²) in [6.07, 6.45) is 11.7. The number of aromatic nitrogens is 4. The van der Waals surface area contributed by atoms with E-state index in [1.54, 1.807) is 60.7 Å². The molecule has 6 heterocycles. The van der Waals surface area contributed by atoms with Crippen LogP contribution in [0.4, 0.5) is 17.6 Å². The summed E-state index contributed by atoms with van der Waals surface area (Å²) in [4.78, 5) is 73.3. The second-order valence-corrected chi connectivity index (χ2v) is 31.2. The van der Waals surface area contributed by atoms with Gasteiger partial charge in [0.25, 0.3) is 0 Å². The maximum absolute atomic E-state index is 14.1. The van der Waals surface area contributed by atoms with Gasteiger partial charge in [0.15, 0.2) is 46.0 Å². The fourth-order valence-electron chi connectivity index (χ4n) is 15.7. The van der Waals surface area contributed by atoms with E-state index in [-0.39, 0.29) is 124 Å². The van der Waals surface area contributed by atoms with E-state index in [4.69, 9.17) is 37.9 Å². The van der Waals surface area contributed by atoms with Crippen LogP contribution in [-0.4, -0.2) is 139 Å². The maximum atomic E-state index is 14.1. The molecule has 1 unspecified atom stereocenters. The van der Waals surface area contributed by atoms with E-state index >= 15 is 0 Å². The molecule has 0 radical (unpaired) electrons. The van der Waals surface area contributed by atoms with E-state index in [0.717, 1.165) is 73.1 Å². The van der Waals surface area contributed by atoms with Gasteiger partial charge in [0, 0.05) is 90.8 Å². The fourth-order valence-corrected chi connectivity index (χ4v) is 15.7. The molecule has 4 aromatic heterocycles. The van der Waals surface area contributed by atoms with Crippen LogP contribution in [0.5, 0.6) is 69.0 Å². The Morgan fingerprint density at radius 3 is 1.19 bits per heavy atom. The first kappa shape index (κ1) is 96.0. The van der Waals surface area contributed by atoms with Crippen molar-refractivity contribution in [1.29, 1.82) is 0 Å². The third-order valence-corrected chi connectivity index (χ3v) is 22.6. The standard InChI is InChI=1S/2C27H25FN2O4.C26H26FN3O4.C25H22FN3O4/c1-16-20(13-25(31)29-14-17-7-5-4-6-8-17)22-12-19(28)15-30-26(22)21(16)9-18-10-23(33-2)27(32)24(11-18)34-3;1-16-20(11-18-12-22(33-2)27(32)23(13-18)34-3)19-9-10-24(28)30-26(19)21(16)14-25(31)29-15-17-7-5-4-6-8-17;1-30-20(9-17-10-22(33-2)26(32)23(11-17)34-3)19-15-28-24(27)12-18(19)21(30)13-25(31)29-14-16-7-5-4-6-8-16;1-32-21-9-16(10-22(33-2)25(21)31)8-19-18-14-27-23(26)11-17(18)20(29-19)12-24(30)28-13-15-6-4-3-5-7-15/h4-12,15,32H,13-14H2,1-3H3,(H,29,31);4-13,32H,14-15H2,1-3H3,(H,29,31);4-12,15,21,32H,13-14H2,1-3H3,(H,29,31);3-11,14,31H,12-13H2,1-2H3,(H,28,30)/b21-9-;20-11-;20-9+;19-8+. The van der Waals surface area contributed by atoms with E-state index < -0.39 is 23.7 Å². The SMILES string of the molecule is COc1cc(/C=C2/C(C)=C(CC(=O)NCc3ccccc3)c3cc(F)cnc32)cc(OC)c1O.COc1cc(/C=C2/C(C)=C(CC(=O)NCc3ccccc3)c3nc(F)ccc32)cc(OC)c1O.COc1cc(/C=C2/N=C(CC(=O)NCc3ccccc3)c3cc(F)ncc32)cc(OC)c1O.COc1cc(/C=C2\c3cnc(F)cc3C(CC(=O)NCc3ccccc3)N2C)cc(OC)c1O. The number of halogens is 4. The van der Waals surface area contributed by atoms with Crippen LogP contribution in [0.25, 0.3) is 58.0 Å². The van der Waals surface area contributed by atoms with Gasteiger partial charge in [0.1, 0.15) is 5.82 Å². The zero-order valence-electron chi connectivity index (χ0n) is 75.7. The van der Waals surface area contributed by atoms with Gasteiger partial charge in [-0.15, -0.1) is 0 Å². The first-order valence-electron chi connectivity index (χ1n) is 42.5. The molecular formula is C105H98F4N10O16. The van der Waals surface area contributed by atoms with E-state index in [1.165, 1.54) is 93.5 Å². The highest BCUT2D eigenvalue weighted by molar-refractivity contribution is 6.19. The molecule has 4 amide bonds. The van der Waals surface area contributed by atoms with Gasteiger partial charge in [-0.2, -0.15) is 13.2 Å². The molecule has 8 N–H and O–H groups in total. The predicted molar refractivity (Wildman–Crippen MR) is 507 cm³/mol. The number of nitrogens with one attached hydrogen (secondary N) is 4. The van der Waals surface area contributed by atoms with Crippen LogP contribution in [-0.2, 0) is 45.4 Å². The number of amides is 4. The first-order chi connectivity index (χ1) is 65.2. The number of aliphatic imine (C=N–C) groups is 1. The first-order valence-corrected chi connectivity index (χ1v) is 42.5. The summed E-state index contributed by atoms with van der Waals surface area (Å²) >= 11 is 0. The summed E-state index contributed by atoms with van der Waals surface area (Å²) in [5.74, 6) is -1.37. The third kappa shape index (κ3) is 23.3. The number of fused-ring (bicyclic) bond motifs is 4. The van der Waals surface area contributed by atoms with Gasteiger partial charge in [-0.1, -0.05) is 121 Å². The number of carbonyl (C=O) groups is 4. The van der Waals surface area contributed by atoms with Gasteiger partial charge in [0.05, 0.1) is 118 Å². The second-order valence-electron chi connectivity index (χ2n) is 31.2. The number of nitrogens with zero attached hydrogens (tertiary/aromatic N) is 6. The molecule has 0 bridgehead atoms. The average Bonchev–Trinajstić information content (AvgIpc) is 1.62. The highest BCUT2D eigenvalue weighted by atomic mass is 19.1. The number of carbonyl (C=O) groups excluding carboxylic acids is 4. The monoisotopic (exact) mass is 1830 g/mol. The zero-order valence-corrected chi connectivity index (χ0v) is 75.7. The third-order valence-electron chi connectivity index (χ3n) is 22.6. The molecule has 16 rings (SSSR count). The molecule has 4 aliphatic rings. The highest BCUT2D eigenvalue weighted by Crippen LogP contribution is 2.49. The minimum Gasteiger partial charge on any atom is -0.502 e. The summed E-state index contributed by atoms with van der Waals surface area (Å²) in [5, 5.41) is 52.4. The normalized spacial score (nSPS) is 14.2. The number of allylic oxidation sites excluding steroid dienone is 4. The van der Waals surface area contributed by atoms with Crippen LogP contribution >= 0.6 is 0 Å². The molecule has 8 aromatic carbocycles. The lowest BCUT2D eigenvalue weighted by Crippen LogP contribution is -2.28. The number of hydrogen-bond donors (Lipinski definition) is 8. The smallest absolute Gasteiger partial charge is 0.226 e. The minimum absolute atomic E-state index is 0.0111. The number of benzene rings is 8. The van der Waals surface area contributed by atoms with Crippen LogP contribution < -0.4 is 59.2 Å². The summed E-state index contributed by atoms with van der Waals surface area (Å²) in [6, 6.07) is 58.4. The zero-order chi connectivity index (χ0) is 96.1. The number of pyridine rings is 4. The van der Waals surface area contributed by atoms with Crippen molar-refractivity contribution in [1.82, 2.24) is 46.1 Å². The number of rotatable bonds is 28. The fraction of sp³-hybridized carbons (Fsp3) is 0.190. The number of phenols is 4. The van der Waals surface area contributed by atoms with E-state index in [9.17, 15) is 57.2 Å². The minimum atomic E-state index is -0.652. The van der Waals surface area contributed by atoms with Crippen molar-refractivity contribution in [3.8, 4) is 69.0 Å². The van der Waals surface area contributed by atoms with Crippen molar-refractivity contribution in [2.24, 2.45) is 4.99 Å². The average molecular weight is 1830 g/mol. The molecule has 0 spiro atoms. The van der Waals surface area contributed by atoms with E-state index in [0.29, 0.717) is 99.1 Å². The lowest BCUT2D eigenvalue weighted by Gasteiger charge is -2.23. The number of aromatic hydroxyl groups is 4. The van der Waals surface area contributed by atoms with Gasteiger partial charge in [-0.05, 0) is 189 Å². The molecule has 12 aromatic rings. The summed E-state index contributed by atoms with van der Waals surface area (Å²) in [5.41, 5.74) is 18.0. The van der Waals surface area contributed by atoms with Gasteiger partial charge >= 0.3 is 0 Å². The Morgan fingerprint density at radius 2 is 0.756 bits per heavy atom. The molecule has 0 saturated heterocycles. The molecule has 0 fully saturated rings. The molecule has 26 nitrogen and oxygen atoms in total. The topological polar surface area (TPSA) is 338 Å². The van der Waals surface area contributed by atoms with Crippen molar-refractivity contribution in [3.63, 3.8) is 0 Å². The molecule has 135 heavy (non-hydrogen) atoms. The quantitative estimate of drug-likeness (QED) is 0.0167. The van der Waals surface area contributed by atoms with Crippen LogP contribution in [0.3, 0.4) is 0 Å². The van der Waals surface area contributed by atoms with E-state index in [2.05, 4.69) is 46.2 Å². The molecular weight excluding hydrogens is 1730 g/mol. The predicted octanol–water partition coefficient (Wildman–Crippen LogP) is 18.0. The Bertz CT molecular complexity index is 6360. The summed E-state index contributed by atoms with van der Waals surface area (Å²) in [7, 11) is 13.5. The Morgan fingerprint density at radius 1 is 0.378 bits per heavy atom. The number of methoxy groups -OCH3 is 8. The molecule has 0 saturated carbocycles. The molecule has 692 valence electrons. The van der Waals surface area contributed by atoms with Crippen molar-refractivity contribution < 1.29 is 95.1 Å². The van der Waals surface area contributed by atoms with Crippen molar-refractivity contribution in [2.75, 3.05) is 63.9 Å². The van der Waals surface area contributed by atoms with Crippen LogP contribution in [0.2, 0.25) is 0 Å². The van der Waals surface area contributed by atoms with Gasteiger partial charge < -0.3 is 84.5 Å². The number of ether oxygens (including phenoxy) is 8. The van der Waals surface area contributed by atoms with Crippen LogP contribution in [0.1, 0.15) is 135 Å². The Kier molecular flexibility index (Phi) is 31.6. The number of hydrogen-bond acceptors (Lipinski definition) is 22. The van der Waals surface area contributed by atoms with Gasteiger partial charge in [0.2, 0.25) is 64.5 Å². The largest absolute Gasteiger partial charge is 0.502 e. The van der Waals surface area contributed by atoms with Crippen molar-refractivity contribution >= 4 is 87.3 Å². The Balaban J connectivity index is 0.000000152. The summed E-state index contributed by atoms with van der Waals surface area (Å²) in [6.45, 7) is 5.41. The Hall–Kier alpha value is -16.5. The van der Waals surface area contributed by atoms with Crippen molar-refractivity contribution in [2.45, 2.75) is 71.8 Å². The van der Waals surface area contributed by atoms with Crippen molar-refractivity contribution in [3.05, 3.63) is 343 Å². The van der Waals surface area contributed by atoms with Crippen LogP contribution in [0.15, 0.2) is 235 Å². The Labute approximate surface area is 777 Å². The summed E-state index contributed by atoms with van der Waals surface area (Å²) < 4.78 is 98.0. The molecule has 2 aliphatic heterocycles. The van der Waals surface area contributed by atoms with Gasteiger partial charge in [-0.3, -0.25) is 29.2 Å². The van der Waals surface area contributed by atoms with E-state index in [1.807, 2.05) is 165 Å².